The zero-order valence-electron chi connectivity index (χ0n) is 17.9. The molecule has 2 aromatic carbocycles. The fourth-order valence-corrected chi connectivity index (χ4v) is 4.01. The summed E-state index contributed by atoms with van der Waals surface area (Å²) in [5, 5.41) is 1.06. The molecule has 1 saturated heterocycles. The van der Waals surface area contributed by atoms with E-state index in [9.17, 15) is 4.79 Å². The second kappa shape index (κ2) is 9.41. The molecule has 4 rings (SSSR count). The minimum Gasteiger partial charge on any atom is -0.423 e. The maximum Gasteiger partial charge on any atom is 0.336 e. The van der Waals surface area contributed by atoms with Gasteiger partial charge in [-0.1, -0.05) is 62.4 Å². The van der Waals surface area contributed by atoms with Crippen LogP contribution in [0.2, 0.25) is 0 Å². The van der Waals surface area contributed by atoms with Gasteiger partial charge in [0.15, 0.2) is 0 Å². The monoisotopic (exact) mass is 402 g/mol. The Hall–Kier alpha value is -2.69. The lowest BCUT2D eigenvalue weighted by molar-refractivity contribution is 0.137. The average molecular weight is 403 g/mol. The Morgan fingerprint density at radius 2 is 1.70 bits per heavy atom. The standard InChI is InChI=1S/C26H30N2O2/c1-20(2)22-10-11-25-24(17-22)23(18-26(29)30-25)19-28-15-13-27(14-16-28)12-6-9-21-7-4-3-5-8-21/h3-11,17-18,20H,12-16,19H2,1-2H3/b9-6+. The van der Waals surface area contributed by atoms with Crippen LogP contribution >= 0.6 is 0 Å². The summed E-state index contributed by atoms with van der Waals surface area (Å²) in [6, 6.07) is 18.3. The van der Waals surface area contributed by atoms with Crippen LogP contribution in [0.1, 0.15) is 36.5 Å². The Labute approximate surface area is 178 Å². The molecule has 1 aliphatic rings. The van der Waals surface area contributed by atoms with Crippen LogP contribution in [0.3, 0.4) is 0 Å². The first-order valence-electron chi connectivity index (χ1n) is 10.8. The molecule has 156 valence electrons. The van der Waals surface area contributed by atoms with Gasteiger partial charge in [-0.3, -0.25) is 9.80 Å². The molecule has 3 aromatic rings. The van der Waals surface area contributed by atoms with Crippen molar-refractivity contribution in [2.75, 3.05) is 32.7 Å². The molecule has 0 N–H and O–H groups in total. The SMILES string of the molecule is CC(C)c1ccc2oc(=O)cc(CN3CCN(C/C=C/c4ccccc4)CC3)c2c1. The maximum atomic E-state index is 12.1. The van der Waals surface area contributed by atoms with E-state index in [1.165, 1.54) is 11.1 Å². The van der Waals surface area contributed by atoms with Crippen LogP contribution in [0.15, 0.2) is 69.9 Å². The quantitative estimate of drug-likeness (QED) is 0.558. The van der Waals surface area contributed by atoms with Crippen molar-refractivity contribution in [3.05, 3.63) is 87.8 Å². The molecule has 0 spiro atoms. The topological polar surface area (TPSA) is 36.7 Å². The Kier molecular flexibility index (Phi) is 6.46. The summed E-state index contributed by atoms with van der Waals surface area (Å²) >= 11 is 0. The van der Waals surface area contributed by atoms with Crippen molar-refractivity contribution in [3.8, 4) is 0 Å². The Balaban J connectivity index is 1.39. The zero-order chi connectivity index (χ0) is 20.9. The van der Waals surface area contributed by atoms with Crippen molar-refractivity contribution in [2.45, 2.75) is 26.3 Å². The van der Waals surface area contributed by atoms with Crippen molar-refractivity contribution in [2.24, 2.45) is 0 Å². The third-order valence-electron chi connectivity index (χ3n) is 5.85. The molecule has 4 heteroatoms. The van der Waals surface area contributed by atoms with E-state index in [2.05, 4.69) is 72.2 Å². The van der Waals surface area contributed by atoms with Crippen LogP contribution in [-0.2, 0) is 6.54 Å². The van der Waals surface area contributed by atoms with Crippen LogP contribution in [0.25, 0.3) is 17.0 Å². The maximum absolute atomic E-state index is 12.1. The van der Waals surface area contributed by atoms with Gasteiger partial charge in [-0.05, 0) is 34.7 Å². The number of fused-ring (bicyclic) bond motifs is 1. The minimum atomic E-state index is -0.264. The number of hydrogen-bond acceptors (Lipinski definition) is 4. The van der Waals surface area contributed by atoms with Crippen LogP contribution in [0, 0.1) is 0 Å². The van der Waals surface area contributed by atoms with Crippen molar-refractivity contribution in [1.29, 1.82) is 0 Å². The fraction of sp³-hybridized carbons (Fsp3) is 0.346. The first-order valence-corrected chi connectivity index (χ1v) is 10.8. The second-order valence-electron chi connectivity index (χ2n) is 8.39. The van der Waals surface area contributed by atoms with Gasteiger partial charge >= 0.3 is 5.63 Å². The highest BCUT2D eigenvalue weighted by Crippen LogP contribution is 2.24. The van der Waals surface area contributed by atoms with Gasteiger partial charge in [-0.15, -0.1) is 0 Å². The van der Waals surface area contributed by atoms with Gasteiger partial charge in [0.25, 0.3) is 0 Å². The van der Waals surface area contributed by atoms with Gasteiger partial charge in [0.1, 0.15) is 5.58 Å². The molecule has 0 radical (unpaired) electrons. The van der Waals surface area contributed by atoms with E-state index < -0.39 is 0 Å². The first-order chi connectivity index (χ1) is 14.6. The molecular formula is C26H30N2O2. The molecule has 0 unspecified atom stereocenters. The predicted octanol–water partition coefficient (Wildman–Crippen LogP) is 4.75. The second-order valence-corrected chi connectivity index (χ2v) is 8.39. The lowest BCUT2D eigenvalue weighted by atomic mass is 9.99. The van der Waals surface area contributed by atoms with Crippen LogP contribution in [0.5, 0.6) is 0 Å². The molecular weight excluding hydrogens is 372 g/mol. The summed E-state index contributed by atoms with van der Waals surface area (Å²) in [4.78, 5) is 17.0. The van der Waals surface area contributed by atoms with Crippen LogP contribution < -0.4 is 5.63 Å². The summed E-state index contributed by atoms with van der Waals surface area (Å²) < 4.78 is 5.43. The molecule has 0 bridgehead atoms. The van der Waals surface area contributed by atoms with E-state index in [-0.39, 0.29) is 5.63 Å². The van der Waals surface area contributed by atoms with Crippen molar-refractivity contribution >= 4 is 17.0 Å². The third kappa shape index (κ3) is 5.07. The van der Waals surface area contributed by atoms with E-state index in [4.69, 9.17) is 4.42 Å². The number of piperazine rings is 1. The van der Waals surface area contributed by atoms with Crippen molar-refractivity contribution in [1.82, 2.24) is 9.80 Å². The minimum absolute atomic E-state index is 0.264. The predicted molar refractivity (Wildman–Crippen MR) is 124 cm³/mol. The molecule has 0 aliphatic carbocycles. The summed E-state index contributed by atoms with van der Waals surface area (Å²) in [6.45, 7) is 10.2. The number of benzene rings is 2. The van der Waals surface area contributed by atoms with E-state index in [1.807, 2.05) is 12.1 Å². The van der Waals surface area contributed by atoms with Gasteiger partial charge in [0.2, 0.25) is 0 Å². The number of rotatable bonds is 6. The van der Waals surface area contributed by atoms with Crippen LogP contribution in [0.4, 0.5) is 0 Å². The molecule has 1 aliphatic heterocycles. The van der Waals surface area contributed by atoms with E-state index >= 15 is 0 Å². The normalized spacial score (nSPS) is 16.1. The van der Waals surface area contributed by atoms with E-state index in [1.54, 1.807) is 6.07 Å². The average Bonchev–Trinajstić information content (AvgIpc) is 2.75. The summed E-state index contributed by atoms with van der Waals surface area (Å²) in [5.41, 5.74) is 4.01. The molecule has 1 aromatic heterocycles. The molecule has 2 heterocycles. The van der Waals surface area contributed by atoms with E-state index in [0.29, 0.717) is 11.5 Å². The molecule has 0 saturated carbocycles. The summed E-state index contributed by atoms with van der Waals surface area (Å²) in [6.07, 6.45) is 4.43. The van der Waals surface area contributed by atoms with Crippen molar-refractivity contribution < 1.29 is 4.42 Å². The molecule has 0 atom stereocenters. The highest BCUT2D eigenvalue weighted by atomic mass is 16.4. The Morgan fingerprint density at radius 1 is 0.967 bits per heavy atom. The highest BCUT2D eigenvalue weighted by Gasteiger charge is 2.18. The third-order valence-corrected chi connectivity index (χ3v) is 5.85. The molecule has 30 heavy (non-hydrogen) atoms. The molecule has 4 nitrogen and oxygen atoms in total. The highest BCUT2D eigenvalue weighted by molar-refractivity contribution is 5.81. The van der Waals surface area contributed by atoms with Crippen LogP contribution in [-0.4, -0.2) is 42.5 Å². The van der Waals surface area contributed by atoms with Gasteiger partial charge in [-0.2, -0.15) is 0 Å². The summed E-state index contributed by atoms with van der Waals surface area (Å²) in [7, 11) is 0. The Bertz CT molecular complexity index is 1060. The molecule has 1 fully saturated rings. The number of hydrogen-bond donors (Lipinski definition) is 0. The van der Waals surface area contributed by atoms with Gasteiger partial charge in [-0.25, -0.2) is 4.79 Å². The van der Waals surface area contributed by atoms with Gasteiger partial charge in [0.05, 0.1) is 0 Å². The lowest BCUT2D eigenvalue weighted by Crippen LogP contribution is -2.45. The summed E-state index contributed by atoms with van der Waals surface area (Å²) in [5.74, 6) is 0.446. The smallest absolute Gasteiger partial charge is 0.336 e. The largest absolute Gasteiger partial charge is 0.423 e. The Morgan fingerprint density at radius 3 is 2.43 bits per heavy atom. The fourth-order valence-electron chi connectivity index (χ4n) is 4.01. The molecule has 0 amide bonds. The number of nitrogens with zero attached hydrogens (tertiary/aromatic N) is 2. The van der Waals surface area contributed by atoms with E-state index in [0.717, 1.165) is 50.2 Å². The first kappa shape index (κ1) is 20.6. The lowest BCUT2D eigenvalue weighted by Gasteiger charge is -2.34. The van der Waals surface area contributed by atoms with Crippen molar-refractivity contribution in [3.63, 3.8) is 0 Å². The van der Waals surface area contributed by atoms with Gasteiger partial charge < -0.3 is 4.42 Å². The van der Waals surface area contributed by atoms with Gasteiger partial charge in [0, 0.05) is 50.7 Å². The zero-order valence-corrected chi connectivity index (χ0v) is 17.9.